The van der Waals surface area contributed by atoms with Crippen LogP contribution in [0.1, 0.15) is 33.1 Å². The van der Waals surface area contributed by atoms with Crippen LogP contribution in [-0.2, 0) is 23.8 Å². The van der Waals surface area contributed by atoms with Gasteiger partial charge in [-0.1, -0.05) is 20.3 Å². The molecule has 0 saturated carbocycles. The maximum absolute atomic E-state index is 11.3. The molecule has 1 atom stereocenters. The third-order valence-electron chi connectivity index (χ3n) is 1.67. The van der Waals surface area contributed by atoms with Gasteiger partial charge in [0.1, 0.15) is 0 Å². The average molecular weight is 238 g/mol. The van der Waals surface area contributed by atoms with Crippen molar-refractivity contribution in [2.75, 3.05) is 12.9 Å². The van der Waals surface area contributed by atoms with Crippen LogP contribution in [0, 0.1) is 0 Å². The van der Waals surface area contributed by atoms with Crippen LogP contribution in [0.3, 0.4) is 0 Å². The molecule has 0 aromatic carbocycles. The Morgan fingerprint density at radius 3 is 2.33 bits per heavy atom. The van der Waals surface area contributed by atoms with Crippen LogP contribution >= 0.6 is 0 Å². The molecular formula is C9H18O5S. The summed E-state index contributed by atoms with van der Waals surface area (Å²) in [7, 11) is -3.61. The minimum absolute atomic E-state index is 0.276. The summed E-state index contributed by atoms with van der Waals surface area (Å²) in [6, 6.07) is 0. The van der Waals surface area contributed by atoms with E-state index in [2.05, 4.69) is 4.18 Å². The second-order valence-electron chi connectivity index (χ2n) is 3.22. The van der Waals surface area contributed by atoms with Crippen molar-refractivity contribution in [1.29, 1.82) is 0 Å². The number of hydrogen-bond donors (Lipinski definition) is 0. The van der Waals surface area contributed by atoms with E-state index in [4.69, 9.17) is 4.74 Å². The first kappa shape index (κ1) is 14.4. The number of unbranched alkanes of at least 4 members (excludes halogenated alkanes) is 1. The van der Waals surface area contributed by atoms with Gasteiger partial charge in [0.05, 0.1) is 12.9 Å². The Morgan fingerprint density at radius 2 is 1.93 bits per heavy atom. The molecule has 0 fully saturated rings. The fourth-order valence-electron chi connectivity index (χ4n) is 0.895. The highest BCUT2D eigenvalue weighted by Crippen LogP contribution is 2.05. The number of esters is 1. The number of ether oxygens (including phenoxy) is 1. The number of carbonyl (C=O) groups is 1. The van der Waals surface area contributed by atoms with Gasteiger partial charge in [0, 0.05) is 0 Å². The molecule has 0 rings (SSSR count). The van der Waals surface area contributed by atoms with Crippen LogP contribution in [0.2, 0.25) is 0 Å². The topological polar surface area (TPSA) is 69.7 Å². The zero-order chi connectivity index (χ0) is 11.9. The zero-order valence-corrected chi connectivity index (χ0v) is 10.2. The highest BCUT2D eigenvalue weighted by atomic mass is 32.2. The molecule has 0 N–H and O–H groups in total. The Balaban J connectivity index is 4.11. The maximum atomic E-state index is 11.3. The Hall–Kier alpha value is -0.620. The van der Waals surface area contributed by atoms with Crippen LogP contribution in [0.25, 0.3) is 0 Å². The quantitative estimate of drug-likeness (QED) is 0.377. The van der Waals surface area contributed by atoms with E-state index in [0.29, 0.717) is 6.61 Å². The summed E-state index contributed by atoms with van der Waals surface area (Å²) in [4.78, 5) is 11.3. The van der Waals surface area contributed by atoms with Gasteiger partial charge in [-0.2, -0.15) is 8.42 Å². The van der Waals surface area contributed by atoms with E-state index in [1.54, 1.807) is 6.92 Å². The standard InChI is InChI=1S/C9H18O5S/c1-4-6-7-13-9(10)8(5-2)14-15(3,11)12/h8H,4-7H2,1-3H3/t8-/m0/s1. The molecule has 0 aromatic heterocycles. The van der Waals surface area contributed by atoms with E-state index < -0.39 is 22.2 Å². The van der Waals surface area contributed by atoms with E-state index in [1.807, 2.05) is 6.92 Å². The molecule has 0 radical (unpaired) electrons. The first-order valence-electron chi connectivity index (χ1n) is 4.95. The lowest BCUT2D eigenvalue weighted by Crippen LogP contribution is -2.28. The predicted octanol–water partition coefficient (Wildman–Crippen LogP) is 1.08. The lowest BCUT2D eigenvalue weighted by molar-refractivity contribution is -0.152. The molecule has 0 aliphatic rings. The van der Waals surface area contributed by atoms with E-state index in [0.717, 1.165) is 19.1 Å². The molecule has 6 heteroatoms. The molecule has 0 unspecified atom stereocenters. The summed E-state index contributed by atoms with van der Waals surface area (Å²) in [5.74, 6) is -0.614. The smallest absolute Gasteiger partial charge is 0.336 e. The summed E-state index contributed by atoms with van der Waals surface area (Å²) in [5.41, 5.74) is 0. The van der Waals surface area contributed by atoms with Gasteiger partial charge < -0.3 is 4.74 Å². The van der Waals surface area contributed by atoms with Crippen LogP contribution < -0.4 is 0 Å². The highest BCUT2D eigenvalue weighted by molar-refractivity contribution is 7.86. The van der Waals surface area contributed by atoms with Crippen LogP contribution in [-0.4, -0.2) is 33.4 Å². The fraction of sp³-hybridized carbons (Fsp3) is 0.889. The van der Waals surface area contributed by atoms with Crippen molar-refractivity contribution in [3.8, 4) is 0 Å². The van der Waals surface area contributed by atoms with Gasteiger partial charge in [-0.15, -0.1) is 0 Å². The normalized spacial score (nSPS) is 13.5. The van der Waals surface area contributed by atoms with Crippen LogP contribution in [0.15, 0.2) is 0 Å². The molecule has 5 nitrogen and oxygen atoms in total. The van der Waals surface area contributed by atoms with E-state index in [9.17, 15) is 13.2 Å². The van der Waals surface area contributed by atoms with Crippen molar-refractivity contribution in [3.63, 3.8) is 0 Å². The van der Waals surface area contributed by atoms with Crippen molar-refractivity contribution in [3.05, 3.63) is 0 Å². The first-order valence-corrected chi connectivity index (χ1v) is 6.77. The lowest BCUT2D eigenvalue weighted by Gasteiger charge is -2.13. The number of carbonyl (C=O) groups excluding carboxylic acids is 1. The zero-order valence-electron chi connectivity index (χ0n) is 9.36. The number of hydrogen-bond acceptors (Lipinski definition) is 5. The minimum Gasteiger partial charge on any atom is -0.464 e. The monoisotopic (exact) mass is 238 g/mol. The number of rotatable bonds is 7. The molecule has 90 valence electrons. The minimum atomic E-state index is -3.61. The fourth-order valence-corrected chi connectivity index (χ4v) is 1.53. The van der Waals surface area contributed by atoms with Gasteiger partial charge in [-0.05, 0) is 12.8 Å². The average Bonchev–Trinajstić information content (AvgIpc) is 2.13. The molecule has 0 bridgehead atoms. The molecule has 0 aliphatic heterocycles. The van der Waals surface area contributed by atoms with E-state index in [-0.39, 0.29) is 6.42 Å². The van der Waals surface area contributed by atoms with Gasteiger partial charge in [0.15, 0.2) is 6.10 Å². The Morgan fingerprint density at radius 1 is 1.33 bits per heavy atom. The molecular weight excluding hydrogens is 220 g/mol. The molecule has 15 heavy (non-hydrogen) atoms. The third-order valence-corrected chi connectivity index (χ3v) is 2.25. The molecule has 0 aliphatic carbocycles. The lowest BCUT2D eigenvalue weighted by atomic mass is 10.3. The Labute approximate surface area is 90.9 Å². The summed E-state index contributed by atoms with van der Waals surface area (Å²) < 4.78 is 31.0. The maximum Gasteiger partial charge on any atom is 0.336 e. The van der Waals surface area contributed by atoms with Crippen LogP contribution in [0.5, 0.6) is 0 Å². The van der Waals surface area contributed by atoms with Crippen molar-refractivity contribution in [2.24, 2.45) is 0 Å². The van der Waals surface area contributed by atoms with Crippen molar-refractivity contribution >= 4 is 16.1 Å². The summed E-state index contributed by atoms with van der Waals surface area (Å²) in [6.45, 7) is 3.94. The second kappa shape index (κ2) is 6.79. The molecule has 0 spiro atoms. The van der Waals surface area contributed by atoms with Gasteiger partial charge in [0.25, 0.3) is 10.1 Å². The molecule has 0 heterocycles. The highest BCUT2D eigenvalue weighted by Gasteiger charge is 2.23. The summed E-state index contributed by atoms with van der Waals surface area (Å²) in [5, 5.41) is 0. The molecule has 0 amide bonds. The van der Waals surface area contributed by atoms with Crippen LogP contribution in [0.4, 0.5) is 0 Å². The second-order valence-corrected chi connectivity index (χ2v) is 4.82. The first-order chi connectivity index (χ1) is 6.90. The predicted molar refractivity (Wildman–Crippen MR) is 55.9 cm³/mol. The van der Waals surface area contributed by atoms with Gasteiger partial charge in [0.2, 0.25) is 0 Å². The largest absolute Gasteiger partial charge is 0.464 e. The van der Waals surface area contributed by atoms with Crippen molar-refractivity contribution in [2.45, 2.75) is 39.2 Å². The van der Waals surface area contributed by atoms with E-state index >= 15 is 0 Å². The Bertz CT molecular complexity index is 283. The van der Waals surface area contributed by atoms with Crippen molar-refractivity contribution in [1.82, 2.24) is 0 Å². The third kappa shape index (κ3) is 7.33. The van der Waals surface area contributed by atoms with Crippen molar-refractivity contribution < 1.29 is 22.1 Å². The van der Waals surface area contributed by atoms with Gasteiger partial charge >= 0.3 is 5.97 Å². The van der Waals surface area contributed by atoms with E-state index in [1.165, 1.54) is 0 Å². The summed E-state index contributed by atoms with van der Waals surface area (Å²) in [6.07, 6.45) is 1.85. The molecule has 0 saturated heterocycles. The van der Waals surface area contributed by atoms with Gasteiger partial charge in [-0.3, -0.25) is 4.18 Å². The van der Waals surface area contributed by atoms with Gasteiger partial charge in [-0.25, -0.2) is 4.79 Å². The Kier molecular flexibility index (Phi) is 6.51. The summed E-state index contributed by atoms with van der Waals surface area (Å²) >= 11 is 0. The SMILES string of the molecule is CCCCOC(=O)[C@H](CC)OS(C)(=O)=O. The molecule has 0 aromatic rings.